The lowest BCUT2D eigenvalue weighted by Crippen LogP contribution is -2.32. The van der Waals surface area contributed by atoms with Crippen LogP contribution >= 0.6 is 23.2 Å². The molecule has 0 saturated heterocycles. The van der Waals surface area contributed by atoms with E-state index >= 15 is 0 Å². The largest absolute Gasteiger partial charge is 0.198 e. The smallest absolute Gasteiger partial charge is 0.0693 e. The van der Waals surface area contributed by atoms with Crippen molar-refractivity contribution < 1.29 is 0 Å². The molecule has 0 N–H and O–H groups in total. The summed E-state index contributed by atoms with van der Waals surface area (Å²) >= 11 is 12.5. The Morgan fingerprint density at radius 2 is 1.63 bits per heavy atom. The van der Waals surface area contributed by atoms with Crippen LogP contribution in [0.4, 0.5) is 0 Å². The average Bonchev–Trinajstić information content (AvgIpc) is 2.37. The molecule has 2 rings (SSSR count). The molecule has 0 heterocycles. The molecule has 0 aliphatic heterocycles. The summed E-state index contributed by atoms with van der Waals surface area (Å²) in [7, 11) is 0. The van der Waals surface area contributed by atoms with Crippen molar-refractivity contribution in [1.82, 2.24) is 0 Å². The van der Waals surface area contributed by atoms with E-state index in [1.807, 2.05) is 18.2 Å². The highest BCUT2D eigenvalue weighted by molar-refractivity contribution is 6.36. The van der Waals surface area contributed by atoms with E-state index in [1.165, 1.54) is 0 Å². The van der Waals surface area contributed by atoms with E-state index in [0.717, 1.165) is 31.2 Å². The van der Waals surface area contributed by atoms with E-state index < -0.39 is 0 Å². The first-order valence-electron chi connectivity index (χ1n) is 6.72. The van der Waals surface area contributed by atoms with E-state index in [0.29, 0.717) is 21.9 Å². The van der Waals surface area contributed by atoms with Gasteiger partial charge in [-0.15, -0.1) is 0 Å². The maximum absolute atomic E-state index is 9.62. The van der Waals surface area contributed by atoms with Crippen LogP contribution in [0.1, 0.15) is 45.1 Å². The lowest BCUT2D eigenvalue weighted by molar-refractivity contribution is 0.146. The van der Waals surface area contributed by atoms with E-state index in [9.17, 15) is 5.26 Å². The van der Waals surface area contributed by atoms with Crippen molar-refractivity contribution >= 4 is 23.2 Å². The molecule has 0 bridgehead atoms. The summed E-state index contributed by atoms with van der Waals surface area (Å²) in [6.07, 6.45) is 4.69. The average molecular weight is 296 g/mol. The highest BCUT2D eigenvalue weighted by atomic mass is 35.5. The summed E-state index contributed by atoms with van der Waals surface area (Å²) in [5, 5.41) is 11.0. The van der Waals surface area contributed by atoms with Crippen LogP contribution in [-0.4, -0.2) is 0 Å². The topological polar surface area (TPSA) is 23.8 Å². The van der Waals surface area contributed by atoms with Crippen LogP contribution in [0, 0.1) is 22.2 Å². The zero-order chi connectivity index (χ0) is 14.1. The second kappa shape index (κ2) is 5.35. The molecule has 0 aromatic heterocycles. The van der Waals surface area contributed by atoms with Crippen molar-refractivity contribution in [2.75, 3.05) is 0 Å². The number of nitriles is 1. The molecule has 1 aliphatic carbocycles. The van der Waals surface area contributed by atoms with Gasteiger partial charge in [0.25, 0.3) is 0 Å². The summed E-state index contributed by atoms with van der Waals surface area (Å²) in [5.74, 6) is 0. The molecule has 1 aromatic carbocycles. The number of hydrogen-bond donors (Lipinski definition) is 0. The first-order valence-corrected chi connectivity index (χ1v) is 7.47. The lowest BCUT2D eigenvalue weighted by Gasteiger charge is -2.39. The highest BCUT2D eigenvalue weighted by Crippen LogP contribution is 2.47. The second-order valence-corrected chi connectivity index (χ2v) is 7.25. The quantitative estimate of drug-likeness (QED) is 0.692. The molecule has 1 fully saturated rings. The van der Waals surface area contributed by atoms with Gasteiger partial charge in [-0.2, -0.15) is 5.26 Å². The third-order valence-electron chi connectivity index (χ3n) is 4.37. The van der Waals surface area contributed by atoms with Gasteiger partial charge in [0, 0.05) is 10.0 Å². The zero-order valence-corrected chi connectivity index (χ0v) is 13.0. The van der Waals surface area contributed by atoms with E-state index in [4.69, 9.17) is 23.2 Å². The summed E-state index contributed by atoms with van der Waals surface area (Å²) in [6, 6.07) is 8.08. The van der Waals surface area contributed by atoms with E-state index in [-0.39, 0.29) is 5.41 Å². The first kappa shape index (κ1) is 14.7. The normalized spacial score (nSPS) is 20.8. The number of benzene rings is 1. The molecular formula is C16H19Cl2N. The van der Waals surface area contributed by atoms with Crippen LogP contribution in [0.3, 0.4) is 0 Å². The Balaban J connectivity index is 2.24. The summed E-state index contributed by atoms with van der Waals surface area (Å²) in [5.41, 5.74) is 0.974. The Labute approximate surface area is 125 Å². The van der Waals surface area contributed by atoms with Gasteiger partial charge in [0.2, 0.25) is 0 Å². The van der Waals surface area contributed by atoms with Gasteiger partial charge in [-0.25, -0.2) is 0 Å². The molecule has 3 heteroatoms. The molecule has 0 spiro atoms. The summed E-state index contributed by atoms with van der Waals surface area (Å²) < 4.78 is 0. The van der Waals surface area contributed by atoms with Gasteiger partial charge in [0.05, 0.1) is 11.5 Å². The molecule has 1 saturated carbocycles. The van der Waals surface area contributed by atoms with Crippen LogP contribution in [0.5, 0.6) is 0 Å². The number of rotatable bonds is 2. The van der Waals surface area contributed by atoms with Crippen molar-refractivity contribution in [3.8, 4) is 6.07 Å². The van der Waals surface area contributed by atoms with Gasteiger partial charge >= 0.3 is 0 Å². The second-order valence-electron chi connectivity index (χ2n) is 6.43. The minimum atomic E-state index is -0.301. The lowest BCUT2D eigenvalue weighted by atomic mass is 9.64. The van der Waals surface area contributed by atoms with Crippen molar-refractivity contribution in [2.45, 2.75) is 46.0 Å². The molecule has 0 amide bonds. The zero-order valence-electron chi connectivity index (χ0n) is 11.5. The minimum Gasteiger partial charge on any atom is -0.198 e. The van der Waals surface area contributed by atoms with Crippen LogP contribution in [0.2, 0.25) is 10.0 Å². The van der Waals surface area contributed by atoms with Gasteiger partial charge < -0.3 is 0 Å². The maximum Gasteiger partial charge on any atom is 0.0693 e. The molecule has 0 atom stereocenters. The maximum atomic E-state index is 9.62. The van der Waals surface area contributed by atoms with Gasteiger partial charge in [-0.1, -0.05) is 43.1 Å². The molecule has 1 aromatic rings. The molecule has 1 nitrogen and oxygen atoms in total. The predicted octanol–water partition coefficient (Wildman–Crippen LogP) is 5.65. The number of nitrogens with zero attached hydrogens (tertiary/aromatic N) is 1. The molecule has 1 aliphatic rings. The Hall–Kier alpha value is -0.710. The Morgan fingerprint density at radius 1 is 1.11 bits per heavy atom. The van der Waals surface area contributed by atoms with Crippen LogP contribution in [-0.2, 0) is 6.42 Å². The summed E-state index contributed by atoms with van der Waals surface area (Å²) in [6.45, 7) is 4.55. The molecule has 0 radical (unpaired) electrons. The van der Waals surface area contributed by atoms with Gasteiger partial charge in [-0.05, 0) is 55.2 Å². The molecule has 102 valence electrons. The van der Waals surface area contributed by atoms with E-state index in [1.54, 1.807) is 0 Å². The number of hydrogen-bond acceptors (Lipinski definition) is 1. The Morgan fingerprint density at radius 3 is 2.11 bits per heavy atom. The molecular weight excluding hydrogens is 277 g/mol. The van der Waals surface area contributed by atoms with Gasteiger partial charge in [0.15, 0.2) is 0 Å². The van der Waals surface area contributed by atoms with Crippen molar-refractivity contribution in [3.05, 3.63) is 33.8 Å². The Kier molecular flexibility index (Phi) is 4.14. The standard InChI is InChI=1S/C16H19Cl2N/c1-15(2)6-8-16(11-19,9-7-15)10-12-13(17)4-3-5-14(12)18/h3-5H,6-10H2,1-2H3. The van der Waals surface area contributed by atoms with Crippen LogP contribution < -0.4 is 0 Å². The summed E-state index contributed by atoms with van der Waals surface area (Å²) in [4.78, 5) is 0. The van der Waals surface area contributed by atoms with Crippen LogP contribution in [0.15, 0.2) is 18.2 Å². The molecule has 19 heavy (non-hydrogen) atoms. The molecule has 0 unspecified atom stereocenters. The SMILES string of the molecule is CC1(C)CCC(C#N)(Cc2c(Cl)cccc2Cl)CC1. The third-order valence-corrected chi connectivity index (χ3v) is 5.08. The first-order chi connectivity index (χ1) is 8.87. The monoisotopic (exact) mass is 295 g/mol. The fourth-order valence-electron chi connectivity index (χ4n) is 2.77. The van der Waals surface area contributed by atoms with Gasteiger partial charge in [-0.3, -0.25) is 0 Å². The number of halogens is 2. The fourth-order valence-corrected chi connectivity index (χ4v) is 3.30. The minimum absolute atomic E-state index is 0.301. The predicted molar refractivity (Wildman–Crippen MR) is 80.5 cm³/mol. The van der Waals surface area contributed by atoms with Crippen molar-refractivity contribution in [3.63, 3.8) is 0 Å². The van der Waals surface area contributed by atoms with Crippen molar-refractivity contribution in [1.29, 1.82) is 5.26 Å². The van der Waals surface area contributed by atoms with Gasteiger partial charge in [0.1, 0.15) is 0 Å². The fraction of sp³-hybridized carbons (Fsp3) is 0.562. The third kappa shape index (κ3) is 3.25. The van der Waals surface area contributed by atoms with Crippen molar-refractivity contribution in [2.24, 2.45) is 10.8 Å². The van der Waals surface area contributed by atoms with E-state index in [2.05, 4.69) is 19.9 Å². The van der Waals surface area contributed by atoms with Crippen LogP contribution in [0.25, 0.3) is 0 Å². The highest BCUT2D eigenvalue weighted by Gasteiger charge is 2.39. The Bertz CT molecular complexity index is 484.